The summed E-state index contributed by atoms with van der Waals surface area (Å²) in [5.41, 5.74) is 4.94. The highest BCUT2D eigenvalue weighted by molar-refractivity contribution is 5.90. The summed E-state index contributed by atoms with van der Waals surface area (Å²) in [6, 6.07) is 18.9. The van der Waals surface area contributed by atoms with Gasteiger partial charge in [-0.05, 0) is 11.6 Å². The van der Waals surface area contributed by atoms with Crippen LogP contribution in [0.4, 0.5) is 0 Å². The lowest BCUT2D eigenvalue weighted by Gasteiger charge is -2.01. The van der Waals surface area contributed by atoms with Crippen LogP contribution in [0.3, 0.4) is 0 Å². The van der Waals surface area contributed by atoms with Crippen LogP contribution in [0.5, 0.6) is 0 Å². The number of hydrogen-bond acceptors (Lipinski definition) is 0. The molecule has 1 N–H and O–H groups in total. The minimum atomic E-state index is 0.914. The van der Waals surface area contributed by atoms with Crippen molar-refractivity contribution in [2.24, 2.45) is 0 Å². The minimum Gasteiger partial charge on any atom is -0.358 e. The Bertz CT molecular complexity index is 677. The van der Waals surface area contributed by atoms with Gasteiger partial charge in [0.05, 0.1) is 0 Å². The topological polar surface area (TPSA) is 15.8 Å². The molecule has 0 aliphatic carbocycles. The first kappa shape index (κ1) is 10.8. The zero-order valence-corrected chi connectivity index (χ0v) is 10.2. The van der Waals surface area contributed by atoms with E-state index in [4.69, 9.17) is 0 Å². The number of fused-ring (bicyclic) bond motifs is 1. The largest absolute Gasteiger partial charge is 0.358 e. The summed E-state index contributed by atoms with van der Waals surface area (Å²) in [7, 11) is 0. The van der Waals surface area contributed by atoms with Crippen LogP contribution in [0, 0.1) is 0 Å². The van der Waals surface area contributed by atoms with Crippen LogP contribution in [0.1, 0.15) is 16.8 Å². The number of benzene rings is 2. The van der Waals surface area contributed by atoms with E-state index < -0.39 is 0 Å². The second kappa shape index (κ2) is 4.53. The Morgan fingerprint density at radius 3 is 2.44 bits per heavy atom. The molecular weight excluding hydrogens is 218 g/mol. The zero-order valence-electron chi connectivity index (χ0n) is 10.2. The second-order valence-electron chi connectivity index (χ2n) is 4.43. The fraction of sp³-hybridized carbons (Fsp3) is 0.0588. The standard InChI is InChI=1S/C17H15N/c1-2-14-15-10-6-7-11-16(15)18-17(14)12-13-8-4-3-5-9-13/h2-11,18H,1,12H2. The Labute approximate surface area is 107 Å². The van der Waals surface area contributed by atoms with E-state index >= 15 is 0 Å². The maximum atomic E-state index is 3.94. The molecule has 0 bridgehead atoms. The van der Waals surface area contributed by atoms with Crippen LogP contribution in [0.15, 0.2) is 61.2 Å². The van der Waals surface area contributed by atoms with Crippen molar-refractivity contribution in [3.05, 3.63) is 78.0 Å². The molecule has 0 aliphatic heterocycles. The Morgan fingerprint density at radius 2 is 1.67 bits per heavy atom. The molecule has 1 heteroatoms. The summed E-state index contributed by atoms with van der Waals surface area (Å²) in [5.74, 6) is 0. The van der Waals surface area contributed by atoms with Crippen LogP contribution in [-0.4, -0.2) is 4.98 Å². The van der Waals surface area contributed by atoms with E-state index in [1.54, 1.807) is 0 Å². The van der Waals surface area contributed by atoms with E-state index in [2.05, 4.69) is 60.1 Å². The molecule has 0 aliphatic rings. The molecule has 1 aromatic heterocycles. The third-order valence-corrected chi connectivity index (χ3v) is 3.26. The third kappa shape index (κ3) is 1.84. The molecular formula is C17H15N. The molecule has 0 spiro atoms. The molecule has 2 aromatic carbocycles. The quantitative estimate of drug-likeness (QED) is 0.690. The van der Waals surface area contributed by atoms with E-state index in [0.29, 0.717) is 0 Å². The monoisotopic (exact) mass is 233 g/mol. The molecule has 0 radical (unpaired) electrons. The molecule has 0 amide bonds. The Morgan fingerprint density at radius 1 is 0.944 bits per heavy atom. The van der Waals surface area contributed by atoms with Crippen molar-refractivity contribution < 1.29 is 0 Å². The first-order valence-electron chi connectivity index (χ1n) is 6.14. The van der Waals surface area contributed by atoms with Crippen LogP contribution in [0.2, 0.25) is 0 Å². The van der Waals surface area contributed by atoms with Gasteiger partial charge in [0.25, 0.3) is 0 Å². The van der Waals surface area contributed by atoms with Gasteiger partial charge in [0.15, 0.2) is 0 Å². The molecule has 0 saturated heterocycles. The van der Waals surface area contributed by atoms with Gasteiger partial charge in [-0.25, -0.2) is 0 Å². The zero-order chi connectivity index (χ0) is 12.4. The first-order valence-corrected chi connectivity index (χ1v) is 6.14. The van der Waals surface area contributed by atoms with Crippen molar-refractivity contribution in [3.63, 3.8) is 0 Å². The van der Waals surface area contributed by atoms with Crippen molar-refractivity contribution in [1.29, 1.82) is 0 Å². The highest BCUT2D eigenvalue weighted by atomic mass is 14.7. The average molecular weight is 233 g/mol. The van der Waals surface area contributed by atoms with Gasteiger partial charge in [-0.15, -0.1) is 0 Å². The van der Waals surface area contributed by atoms with Crippen LogP contribution >= 0.6 is 0 Å². The van der Waals surface area contributed by atoms with Gasteiger partial charge in [-0.3, -0.25) is 0 Å². The van der Waals surface area contributed by atoms with Gasteiger partial charge >= 0.3 is 0 Å². The molecule has 1 heterocycles. The first-order chi connectivity index (χ1) is 8.88. The van der Waals surface area contributed by atoms with Gasteiger partial charge in [-0.1, -0.05) is 61.2 Å². The maximum absolute atomic E-state index is 3.94. The Hall–Kier alpha value is -2.28. The van der Waals surface area contributed by atoms with Crippen LogP contribution in [0.25, 0.3) is 17.0 Å². The number of nitrogens with one attached hydrogen (secondary N) is 1. The van der Waals surface area contributed by atoms with Crippen molar-refractivity contribution in [2.45, 2.75) is 6.42 Å². The summed E-state index contributed by atoms with van der Waals surface area (Å²) in [4.78, 5) is 3.49. The summed E-state index contributed by atoms with van der Waals surface area (Å²) in [5, 5.41) is 1.25. The molecule has 18 heavy (non-hydrogen) atoms. The van der Waals surface area contributed by atoms with E-state index in [9.17, 15) is 0 Å². The van der Waals surface area contributed by atoms with E-state index in [1.165, 1.54) is 27.7 Å². The summed E-state index contributed by atoms with van der Waals surface area (Å²) >= 11 is 0. The summed E-state index contributed by atoms with van der Waals surface area (Å²) in [6.45, 7) is 3.94. The fourth-order valence-electron chi connectivity index (χ4n) is 2.39. The smallest absolute Gasteiger partial charge is 0.0462 e. The lowest BCUT2D eigenvalue weighted by Crippen LogP contribution is -1.89. The molecule has 1 nitrogen and oxygen atoms in total. The number of para-hydroxylation sites is 1. The third-order valence-electron chi connectivity index (χ3n) is 3.26. The van der Waals surface area contributed by atoms with E-state index in [-0.39, 0.29) is 0 Å². The summed E-state index contributed by atoms with van der Waals surface area (Å²) < 4.78 is 0. The normalized spacial score (nSPS) is 10.7. The minimum absolute atomic E-state index is 0.914. The van der Waals surface area contributed by atoms with Gasteiger partial charge in [0, 0.05) is 28.6 Å². The lowest BCUT2D eigenvalue weighted by molar-refractivity contribution is 1.11. The average Bonchev–Trinajstić information content (AvgIpc) is 2.77. The number of H-pyrrole nitrogens is 1. The van der Waals surface area contributed by atoms with E-state index in [0.717, 1.165) is 6.42 Å². The van der Waals surface area contributed by atoms with Crippen molar-refractivity contribution >= 4 is 17.0 Å². The van der Waals surface area contributed by atoms with Crippen molar-refractivity contribution in [1.82, 2.24) is 4.98 Å². The molecule has 0 unspecified atom stereocenters. The molecule has 0 fully saturated rings. The van der Waals surface area contributed by atoms with Gasteiger partial charge in [-0.2, -0.15) is 0 Å². The highest BCUT2D eigenvalue weighted by Gasteiger charge is 2.08. The fourth-order valence-corrected chi connectivity index (χ4v) is 2.39. The van der Waals surface area contributed by atoms with Crippen molar-refractivity contribution in [3.8, 4) is 0 Å². The number of aromatic nitrogens is 1. The van der Waals surface area contributed by atoms with Crippen LogP contribution < -0.4 is 0 Å². The Balaban J connectivity index is 2.09. The predicted octanol–water partition coefficient (Wildman–Crippen LogP) is 4.40. The second-order valence-corrected chi connectivity index (χ2v) is 4.43. The SMILES string of the molecule is C=Cc1c(Cc2ccccc2)[nH]c2ccccc12. The number of rotatable bonds is 3. The molecule has 88 valence electrons. The van der Waals surface area contributed by atoms with Gasteiger partial charge < -0.3 is 4.98 Å². The summed E-state index contributed by atoms with van der Waals surface area (Å²) in [6.07, 6.45) is 2.86. The lowest BCUT2D eigenvalue weighted by atomic mass is 10.0. The Kier molecular flexibility index (Phi) is 2.73. The maximum Gasteiger partial charge on any atom is 0.0462 e. The molecule has 3 rings (SSSR count). The molecule has 0 saturated carbocycles. The van der Waals surface area contributed by atoms with Crippen LogP contribution in [-0.2, 0) is 6.42 Å². The van der Waals surface area contributed by atoms with Gasteiger partial charge in [0.2, 0.25) is 0 Å². The number of hydrogen-bond donors (Lipinski definition) is 1. The molecule has 3 aromatic rings. The van der Waals surface area contributed by atoms with E-state index in [1.807, 2.05) is 12.1 Å². The number of aromatic amines is 1. The van der Waals surface area contributed by atoms with Crippen molar-refractivity contribution in [2.75, 3.05) is 0 Å². The van der Waals surface area contributed by atoms with Gasteiger partial charge in [0.1, 0.15) is 0 Å². The highest BCUT2D eigenvalue weighted by Crippen LogP contribution is 2.25. The molecule has 0 atom stereocenters. The predicted molar refractivity (Wildman–Crippen MR) is 77.6 cm³/mol.